The number of allylic oxidation sites excluding steroid dienone is 2. The second-order valence-electron chi connectivity index (χ2n) is 1.83. The number of hydrogen-bond donors (Lipinski definition) is 0. The maximum atomic E-state index is 5.68. The van der Waals surface area contributed by atoms with Crippen LogP contribution in [0.25, 0.3) is 0 Å². The average Bonchev–Trinajstić information content (AvgIpc) is 1.64. The van der Waals surface area contributed by atoms with Gasteiger partial charge < -0.3 is 0 Å². The van der Waals surface area contributed by atoms with Crippen molar-refractivity contribution < 1.29 is 0 Å². The summed E-state index contributed by atoms with van der Waals surface area (Å²) in [5.41, 5.74) is 1.05. The van der Waals surface area contributed by atoms with E-state index in [-0.39, 0.29) is 5.38 Å². The average molecular weight is 153 g/mol. The minimum atomic E-state index is 0.0625. The van der Waals surface area contributed by atoms with Gasteiger partial charge in [-0.25, -0.2) is 0 Å². The Kier molecular flexibility index (Phi) is 3.50. The Morgan fingerprint density at radius 2 is 1.75 bits per heavy atom. The maximum absolute atomic E-state index is 5.68. The van der Waals surface area contributed by atoms with Crippen molar-refractivity contribution in [3.05, 3.63) is 10.6 Å². The predicted molar refractivity (Wildman–Crippen MR) is 39.5 cm³/mol. The van der Waals surface area contributed by atoms with E-state index < -0.39 is 0 Å². The number of rotatable bonds is 1. The van der Waals surface area contributed by atoms with Crippen LogP contribution < -0.4 is 0 Å². The molecule has 0 aromatic carbocycles. The molecule has 48 valence electrons. The fourth-order valence-corrected chi connectivity index (χ4v) is 0.657. The highest BCUT2D eigenvalue weighted by molar-refractivity contribution is 6.31. The molecule has 0 aliphatic carbocycles. The van der Waals surface area contributed by atoms with Crippen LogP contribution in [0.3, 0.4) is 0 Å². The Bertz CT molecular complexity index is 99.1. The first-order valence-electron chi connectivity index (χ1n) is 2.52. The van der Waals surface area contributed by atoms with Crippen molar-refractivity contribution in [2.24, 2.45) is 0 Å². The minimum absolute atomic E-state index is 0.0625. The third-order valence-corrected chi connectivity index (χ3v) is 1.77. The highest BCUT2D eigenvalue weighted by Crippen LogP contribution is 2.15. The molecule has 0 aliphatic rings. The third kappa shape index (κ3) is 2.58. The lowest BCUT2D eigenvalue weighted by Crippen LogP contribution is -1.92. The Balaban J connectivity index is 4.00. The molecule has 0 unspecified atom stereocenters. The summed E-state index contributed by atoms with van der Waals surface area (Å²) in [4.78, 5) is 0. The number of hydrogen-bond acceptors (Lipinski definition) is 0. The monoisotopic (exact) mass is 152 g/mol. The highest BCUT2D eigenvalue weighted by Gasteiger charge is 1.99. The van der Waals surface area contributed by atoms with E-state index in [1.807, 2.05) is 20.8 Å². The zero-order valence-corrected chi connectivity index (χ0v) is 6.85. The van der Waals surface area contributed by atoms with Crippen molar-refractivity contribution >= 4 is 23.2 Å². The van der Waals surface area contributed by atoms with Crippen LogP contribution in [-0.2, 0) is 0 Å². The Morgan fingerprint density at radius 3 is 1.75 bits per heavy atom. The second kappa shape index (κ2) is 3.37. The molecular weight excluding hydrogens is 143 g/mol. The summed E-state index contributed by atoms with van der Waals surface area (Å²) < 4.78 is 0. The van der Waals surface area contributed by atoms with E-state index in [2.05, 4.69) is 0 Å². The SMILES string of the molecule is C/C(Cl)=C(/C)[C@@H](C)Cl. The van der Waals surface area contributed by atoms with Gasteiger partial charge in [-0.1, -0.05) is 11.6 Å². The molecule has 0 saturated heterocycles. The molecule has 0 saturated carbocycles. The standard InChI is InChI=1S/C6H10Cl2/c1-4(5(2)7)6(3)8/h5H,1-3H3/b6-4+/t5-/m1/s1. The normalized spacial score (nSPS) is 17.6. The molecule has 0 bridgehead atoms. The van der Waals surface area contributed by atoms with Gasteiger partial charge in [0, 0.05) is 5.03 Å². The first kappa shape index (κ1) is 8.32. The predicted octanol–water partition coefficient (Wildman–Crippen LogP) is 3.15. The summed E-state index contributed by atoms with van der Waals surface area (Å²) in [6.07, 6.45) is 0. The van der Waals surface area contributed by atoms with Gasteiger partial charge in [0.15, 0.2) is 0 Å². The quantitative estimate of drug-likeness (QED) is 0.507. The minimum Gasteiger partial charge on any atom is -0.118 e. The molecule has 0 aromatic heterocycles. The number of halogens is 2. The lowest BCUT2D eigenvalue weighted by molar-refractivity contribution is 1.09. The fourth-order valence-electron chi connectivity index (χ4n) is 0.274. The molecule has 0 rings (SSSR count). The fraction of sp³-hybridized carbons (Fsp3) is 0.667. The van der Waals surface area contributed by atoms with E-state index in [1.165, 1.54) is 0 Å². The molecule has 0 fully saturated rings. The zero-order valence-electron chi connectivity index (χ0n) is 5.33. The van der Waals surface area contributed by atoms with Crippen molar-refractivity contribution in [3.63, 3.8) is 0 Å². The molecular formula is C6H10Cl2. The molecule has 0 N–H and O–H groups in total. The van der Waals surface area contributed by atoms with Gasteiger partial charge in [0.25, 0.3) is 0 Å². The molecule has 8 heavy (non-hydrogen) atoms. The second-order valence-corrected chi connectivity index (χ2v) is 3.05. The molecule has 0 nitrogen and oxygen atoms in total. The largest absolute Gasteiger partial charge is 0.118 e. The summed E-state index contributed by atoms with van der Waals surface area (Å²) >= 11 is 11.3. The van der Waals surface area contributed by atoms with Crippen LogP contribution in [0.2, 0.25) is 0 Å². The van der Waals surface area contributed by atoms with Gasteiger partial charge in [0.05, 0.1) is 5.38 Å². The smallest absolute Gasteiger partial charge is 0.0528 e. The zero-order chi connectivity index (χ0) is 6.73. The summed E-state index contributed by atoms with van der Waals surface area (Å²) in [6, 6.07) is 0. The van der Waals surface area contributed by atoms with E-state index in [0.717, 1.165) is 10.6 Å². The van der Waals surface area contributed by atoms with E-state index >= 15 is 0 Å². The van der Waals surface area contributed by atoms with Gasteiger partial charge in [-0.2, -0.15) is 0 Å². The first-order valence-corrected chi connectivity index (χ1v) is 3.34. The summed E-state index contributed by atoms with van der Waals surface area (Å²) in [5.74, 6) is 0. The Labute approximate surface area is 60.5 Å². The van der Waals surface area contributed by atoms with Crippen molar-refractivity contribution in [1.29, 1.82) is 0 Å². The van der Waals surface area contributed by atoms with Gasteiger partial charge >= 0.3 is 0 Å². The van der Waals surface area contributed by atoms with Gasteiger partial charge in [-0.05, 0) is 26.3 Å². The van der Waals surface area contributed by atoms with Crippen LogP contribution in [-0.4, -0.2) is 5.38 Å². The topological polar surface area (TPSA) is 0 Å². The molecule has 0 spiro atoms. The van der Waals surface area contributed by atoms with Crippen LogP contribution >= 0.6 is 23.2 Å². The van der Waals surface area contributed by atoms with Crippen molar-refractivity contribution in [1.82, 2.24) is 0 Å². The maximum Gasteiger partial charge on any atom is 0.0528 e. The van der Waals surface area contributed by atoms with E-state index in [1.54, 1.807) is 0 Å². The lowest BCUT2D eigenvalue weighted by Gasteiger charge is -2.01. The van der Waals surface area contributed by atoms with Crippen molar-refractivity contribution in [2.45, 2.75) is 26.1 Å². The molecule has 2 heteroatoms. The number of alkyl halides is 1. The Morgan fingerprint density at radius 1 is 1.38 bits per heavy atom. The summed E-state index contributed by atoms with van der Waals surface area (Å²) in [7, 11) is 0. The molecule has 0 aromatic rings. The molecule has 0 heterocycles. The molecule has 1 atom stereocenters. The summed E-state index contributed by atoms with van der Waals surface area (Å²) in [6.45, 7) is 5.68. The molecule has 0 radical (unpaired) electrons. The van der Waals surface area contributed by atoms with E-state index in [0.29, 0.717) is 0 Å². The summed E-state index contributed by atoms with van der Waals surface area (Å²) in [5, 5.41) is 0.861. The first-order chi connectivity index (χ1) is 3.55. The van der Waals surface area contributed by atoms with Crippen LogP contribution in [0.4, 0.5) is 0 Å². The van der Waals surface area contributed by atoms with Crippen molar-refractivity contribution in [2.75, 3.05) is 0 Å². The van der Waals surface area contributed by atoms with Crippen molar-refractivity contribution in [3.8, 4) is 0 Å². The van der Waals surface area contributed by atoms with Gasteiger partial charge in [-0.15, -0.1) is 11.6 Å². The van der Waals surface area contributed by atoms with Gasteiger partial charge in [-0.3, -0.25) is 0 Å². The molecule has 0 aliphatic heterocycles. The van der Waals surface area contributed by atoms with Crippen LogP contribution in [0.15, 0.2) is 10.6 Å². The van der Waals surface area contributed by atoms with Crippen LogP contribution in [0.1, 0.15) is 20.8 Å². The van der Waals surface area contributed by atoms with Crippen LogP contribution in [0, 0.1) is 0 Å². The van der Waals surface area contributed by atoms with E-state index in [4.69, 9.17) is 23.2 Å². The molecule has 0 amide bonds. The third-order valence-electron chi connectivity index (χ3n) is 1.14. The van der Waals surface area contributed by atoms with E-state index in [9.17, 15) is 0 Å². The van der Waals surface area contributed by atoms with Crippen LogP contribution in [0.5, 0.6) is 0 Å². The van der Waals surface area contributed by atoms with Gasteiger partial charge in [0.1, 0.15) is 0 Å². The Hall–Kier alpha value is 0.320. The van der Waals surface area contributed by atoms with Gasteiger partial charge in [0.2, 0.25) is 0 Å². The lowest BCUT2D eigenvalue weighted by atomic mass is 10.2. The highest BCUT2D eigenvalue weighted by atomic mass is 35.5.